The van der Waals surface area contributed by atoms with Crippen molar-refractivity contribution in [1.29, 1.82) is 5.41 Å². The second-order valence-corrected chi connectivity index (χ2v) is 10.8. The number of benzene rings is 2. The SMILES string of the molecule is N=C/C(=C\NCc1ccc2c(c1)CCNC2)C(CCCC1CCc2ccccc21)c1cc(N)nc2[nH]nnc12. The number of nitrogen functional groups attached to an aromatic ring is 1. The maximum absolute atomic E-state index is 8.34. The number of nitrogens with zero attached hydrogens (tertiary/aromatic N) is 3. The van der Waals surface area contributed by atoms with Gasteiger partial charge in [0.25, 0.3) is 0 Å². The van der Waals surface area contributed by atoms with Crippen LogP contribution in [0.4, 0.5) is 5.82 Å². The summed E-state index contributed by atoms with van der Waals surface area (Å²) >= 11 is 0. The fraction of sp³-hybridized carbons (Fsp3) is 0.355. The molecule has 0 saturated carbocycles. The van der Waals surface area contributed by atoms with Crippen LogP contribution in [0, 0.1) is 5.41 Å². The fourth-order valence-corrected chi connectivity index (χ4v) is 6.34. The highest BCUT2D eigenvalue weighted by Crippen LogP contribution is 2.39. The molecule has 2 atom stereocenters. The number of anilines is 1. The van der Waals surface area contributed by atoms with E-state index in [2.05, 4.69) is 73.5 Å². The summed E-state index contributed by atoms with van der Waals surface area (Å²) in [5, 5.41) is 26.4. The maximum atomic E-state index is 8.34. The number of nitrogens with two attached hydrogens (primary N) is 1. The summed E-state index contributed by atoms with van der Waals surface area (Å²) in [7, 11) is 0. The van der Waals surface area contributed by atoms with Crippen LogP contribution in [0.15, 0.2) is 60.3 Å². The highest BCUT2D eigenvalue weighted by molar-refractivity contribution is 5.83. The largest absolute Gasteiger partial charge is 0.387 e. The highest BCUT2D eigenvalue weighted by Gasteiger charge is 2.25. The number of pyridine rings is 1. The molecule has 0 saturated heterocycles. The van der Waals surface area contributed by atoms with Gasteiger partial charge in [0.1, 0.15) is 11.3 Å². The Kier molecular flexibility index (Phi) is 7.36. The van der Waals surface area contributed by atoms with Crippen molar-refractivity contribution in [3.8, 4) is 0 Å². The van der Waals surface area contributed by atoms with Gasteiger partial charge < -0.3 is 21.8 Å². The van der Waals surface area contributed by atoms with Gasteiger partial charge in [0.05, 0.1) is 0 Å². The van der Waals surface area contributed by atoms with Gasteiger partial charge in [-0.3, -0.25) is 0 Å². The number of H-pyrrole nitrogens is 1. The van der Waals surface area contributed by atoms with Crippen LogP contribution in [0.5, 0.6) is 0 Å². The Morgan fingerprint density at radius 1 is 1.13 bits per heavy atom. The smallest absolute Gasteiger partial charge is 0.178 e. The number of aryl methyl sites for hydroxylation is 1. The molecule has 2 unspecified atom stereocenters. The average molecular weight is 521 g/mol. The van der Waals surface area contributed by atoms with Crippen LogP contribution in [0.3, 0.4) is 0 Å². The minimum atomic E-state index is -0.0424. The van der Waals surface area contributed by atoms with Gasteiger partial charge in [-0.2, -0.15) is 0 Å². The monoisotopic (exact) mass is 520 g/mol. The molecule has 1 aliphatic carbocycles. The van der Waals surface area contributed by atoms with Crippen LogP contribution in [0.1, 0.15) is 70.9 Å². The molecule has 4 aromatic rings. The van der Waals surface area contributed by atoms with Gasteiger partial charge >= 0.3 is 0 Å². The maximum Gasteiger partial charge on any atom is 0.178 e. The van der Waals surface area contributed by atoms with Crippen LogP contribution < -0.4 is 16.4 Å². The van der Waals surface area contributed by atoms with E-state index in [-0.39, 0.29) is 5.92 Å². The number of aromatic amines is 1. The Morgan fingerprint density at radius 3 is 2.97 bits per heavy atom. The van der Waals surface area contributed by atoms with E-state index in [9.17, 15) is 0 Å². The molecule has 6 rings (SSSR count). The molecule has 3 heterocycles. The molecule has 200 valence electrons. The molecule has 0 amide bonds. The van der Waals surface area contributed by atoms with E-state index in [1.165, 1.54) is 46.9 Å². The summed E-state index contributed by atoms with van der Waals surface area (Å²) in [6.45, 7) is 2.68. The summed E-state index contributed by atoms with van der Waals surface area (Å²) in [6, 6.07) is 17.5. The second kappa shape index (κ2) is 11.4. The lowest BCUT2D eigenvalue weighted by Gasteiger charge is -2.21. The Balaban J connectivity index is 1.22. The van der Waals surface area contributed by atoms with E-state index < -0.39 is 0 Å². The molecule has 2 aromatic carbocycles. The van der Waals surface area contributed by atoms with Crippen molar-refractivity contribution in [1.82, 2.24) is 31.0 Å². The molecule has 8 heteroatoms. The standard InChI is InChI=1S/C31H36N8/c32-16-25(19-35-17-20-8-9-24-18-34-13-12-23(24)14-20)27(28-15-29(33)36-31-30(28)37-39-38-31)7-3-5-22-11-10-21-4-1-2-6-26(21)22/h1-2,4,6,8-9,14-16,19,22,27,32,34-35H,3,5,7,10-13,17-18H2,(H3,33,36,37,38,39)/b25-19+,32-16?. The molecule has 2 aromatic heterocycles. The molecule has 1 aliphatic heterocycles. The van der Waals surface area contributed by atoms with Crippen LogP contribution in [-0.2, 0) is 25.9 Å². The predicted octanol–water partition coefficient (Wildman–Crippen LogP) is 4.89. The molecule has 39 heavy (non-hydrogen) atoms. The molecular weight excluding hydrogens is 484 g/mol. The van der Waals surface area contributed by atoms with Crippen LogP contribution >= 0.6 is 0 Å². The van der Waals surface area contributed by atoms with Gasteiger partial charge in [0, 0.05) is 31.4 Å². The Morgan fingerprint density at radius 2 is 2.05 bits per heavy atom. The fourth-order valence-electron chi connectivity index (χ4n) is 6.34. The lowest BCUT2D eigenvalue weighted by molar-refractivity contribution is 0.547. The molecule has 0 bridgehead atoms. The molecule has 2 aliphatic rings. The normalized spacial score (nSPS) is 17.5. The van der Waals surface area contributed by atoms with Gasteiger partial charge in [-0.05, 0) is 89.6 Å². The van der Waals surface area contributed by atoms with Gasteiger partial charge in [0.2, 0.25) is 0 Å². The summed E-state index contributed by atoms with van der Waals surface area (Å²) in [4.78, 5) is 4.37. The van der Waals surface area contributed by atoms with E-state index in [1.54, 1.807) is 0 Å². The second-order valence-electron chi connectivity index (χ2n) is 10.8. The van der Waals surface area contributed by atoms with E-state index in [1.807, 2.05) is 12.3 Å². The first-order chi connectivity index (χ1) is 19.2. The Hall–Kier alpha value is -4.04. The number of hydrogen-bond donors (Lipinski definition) is 5. The average Bonchev–Trinajstić information content (AvgIpc) is 3.61. The molecular formula is C31H36N8. The third-order valence-corrected chi connectivity index (χ3v) is 8.33. The van der Waals surface area contributed by atoms with Gasteiger partial charge in [-0.25, -0.2) is 10.1 Å². The first-order valence-electron chi connectivity index (χ1n) is 14.0. The van der Waals surface area contributed by atoms with Gasteiger partial charge in [-0.15, -0.1) is 5.10 Å². The number of fused-ring (bicyclic) bond motifs is 3. The third kappa shape index (κ3) is 5.43. The van der Waals surface area contributed by atoms with Gasteiger partial charge in [-0.1, -0.05) is 54.1 Å². The summed E-state index contributed by atoms with van der Waals surface area (Å²) in [6.07, 6.45) is 9.95. The van der Waals surface area contributed by atoms with Crippen molar-refractivity contribution < 1.29 is 0 Å². The Bertz CT molecular complexity index is 1500. The van der Waals surface area contributed by atoms with E-state index in [4.69, 9.17) is 11.1 Å². The summed E-state index contributed by atoms with van der Waals surface area (Å²) < 4.78 is 0. The number of hydrogen-bond acceptors (Lipinski definition) is 7. The van der Waals surface area contributed by atoms with Crippen molar-refractivity contribution in [2.75, 3.05) is 12.3 Å². The highest BCUT2D eigenvalue weighted by atomic mass is 15.3. The van der Waals surface area contributed by atoms with Crippen molar-refractivity contribution in [2.24, 2.45) is 0 Å². The molecule has 6 N–H and O–H groups in total. The lowest BCUT2D eigenvalue weighted by atomic mass is 9.85. The summed E-state index contributed by atoms with van der Waals surface area (Å²) in [5.41, 5.74) is 16.4. The van der Waals surface area contributed by atoms with E-state index in [0.717, 1.165) is 55.4 Å². The van der Waals surface area contributed by atoms with Crippen molar-refractivity contribution in [2.45, 2.75) is 63.5 Å². The quantitative estimate of drug-likeness (QED) is 0.189. The minimum absolute atomic E-state index is 0.0424. The third-order valence-electron chi connectivity index (χ3n) is 8.33. The summed E-state index contributed by atoms with van der Waals surface area (Å²) in [5.74, 6) is 0.986. The number of aromatic nitrogens is 4. The lowest BCUT2D eigenvalue weighted by Crippen LogP contribution is -2.23. The molecule has 0 fully saturated rings. The first-order valence-corrected chi connectivity index (χ1v) is 14.0. The van der Waals surface area contributed by atoms with E-state index >= 15 is 0 Å². The minimum Gasteiger partial charge on any atom is -0.387 e. The zero-order valence-electron chi connectivity index (χ0n) is 22.2. The number of nitrogens with one attached hydrogen (secondary N) is 4. The molecule has 8 nitrogen and oxygen atoms in total. The number of allylic oxidation sites excluding steroid dienone is 1. The van der Waals surface area contributed by atoms with Crippen molar-refractivity contribution >= 4 is 23.2 Å². The van der Waals surface area contributed by atoms with Crippen LogP contribution in [0.25, 0.3) is 11.2 Å². The molecule has 0 radical (unpaired) electrons. The Labute approximate surface area is 229 Å². The predicted molar refractivity (Wildman–Crippen MR) is 156 cm³/mol. The van der Waals surface area contributed by atoms with Crippen molar-refractivity contribution in [3.63, 3.8) is 0 Å². The van der Waals surface area contributed by atoms with Crippen molar-refractivity contribution in [3.05, 3.63) is 93.7 Å². The van der Waals surface area contributed by atoms with Gasteiger partial charge in [0.15, 0.2) is 5.65 Å². The zero-order valence-corrected chi connectivity index (χ0v) is 22.2. The van der Waals surface area contributed by atoms with E-state index in [0.29, 0.717) is 23.9 Å². The molecule has 0 spiro atoms. The topological polar surface area (TPSA) is 128 Å². The van der Waals surface area contributed by atoms with Crippen LogP contribution in [0.2, 0.25) is 0 Å². The van der Waals surface area contributed by atoms with Crippen LogP contribution in [-0.4, -0.2) is 33.2 Å². The number of rotatable bonds is 10. The first kappa shape index (κ1) is 25.2. The zero-order chi connectivity index (χ0) is 26.6.